The van der Waals surface area contributed by atoms with Crippen LogP contribution in [-0.4, -0.2) is 11.9 Å². The van der Waals surface area contributed by atoms with Crippen molar-refractivity contribution in [1.82, 2.24) is 5.32 Å². The van der Waals surface area contributed by atoms with Crippen LogP contribution in [0.2, 0.25) is 0 Å². The van der Waals surface area contributed by atoms with Gasteiger partial charge >= 0.3 is 0 Å². The number of carbonyl (C=O) groups excluding carboxylic acids is 1. The molecule has 1 amide bonds. The maximum Gasteiger partial charge on any atom is 0.242 e. The van der Waals surface area contributed by atoms with E-state index in [4.69, 9.17) is 5.73 Å². The first-order valence-corrected chi connectivity index (χ1v) is 7.17. The van der Waals surface area contributed by atoms with Gasteiger partial charge in [0.1, 0.15) is 5.54 Å². The van der Waals surface area contributed by atoms with Gasteiger partial charge < -0.3 is 5.73 Å². The molecule has 19 heavy (non-hydrogen) atoms. The topological polar surface area (TPSA) is 55.1 Å². The minimum Gasteiger partial charge on any atom is -0.368 e. The molecule has 0 aliphatic carbocycles. The molecular formula is C16H26N2O. The lowest BCUT2D eigenvalue weighted by Crippen LogP contribution is -2.55. The lowest BCUT2D eigenvalue weighted by molar-refractivity contribution is -0.125. The number of hydrogen-bond acceptors (Lipinski definition) is 2. The van der Waals surface area contributed by atoms with Crippen LogP contribution < -0.4 is 11.1 Å². The Labute approximate surface area is 116 Å². The van der Waals surface area contributed by atoms with Crippen LogP contribution in [0.4, 0.5) is 0 Å². The Morgan fingerprint density at radius 1 is 1.26 bits per heavy atom. The number of nitrogens with one attached hydrogen (secondary N) is 1. The SMILES string of the molecule is CCc1ccc(C(CC)(NC(C)CC)C(N)=O)cc1. The minimum absolute atomic E-state index is 0.248. The van der Waals surface area contributed by atoms with Crippen molar-refractivity contribution in [2.24, 2.45) is 5.73 Å². The van der Waals surface area contributed by atoms with E-state index in [1.807, 2.05) is 19.1 Å². The summed E-state index contributed by atoms with van der Waals surface area (Å²) in [5.74, 6) is -0.306. The van der Waals surface area contributed by atoms with Crippen molar-refractivity contribution in [2.45, 2.75) is 58.5 Å². The number of amides is 1. The molecule has 106 valence electrons. The molecule has 2 unspecified atom stereocenters. The number of nitrogens with two attached hydrogens (primary N) is 1. The Morgan fingerprint density at radius 2 is 1.84 bits per heavy atom. The first kappa shape index (κ1) is 15.7. The van der Waals surface area contributed by atoms with Gasteiger partial charge in [-0.1, -0.05) is 45.0 Å². The van der Waals surface area contributed by atoms with E-state index in [1.54, 1.807) is 0 Å². The van der Waals surface area contributed by atoms with Crippen LogP contribution in [0.1, 0.15) is 51.7 Å². The highest BCUT2D eigenvalue weighted by Gasteiger charge is 2.37. The molecule has 0 heterocycles. The van der Waals surface area contributed by atoms with Crippen LogP contribution in [0.25, 0.3) is 0 Å². The van der Waals surface area contributed by atoms with E-state index >= 15 is 0 Å². The first-order chi connectivity index (χ1) is 9.00. The molecule has 0 aliphatic heterocycles. The summed E-state index contributed by atoms with van der Waals surface area (Å²) >= 11 is 0. The molecule has 1 aromatic carbocycles. The van der Waals surface area contributed by atoms with Gasteiger partial charge in [-0.05, 0) is 37.3 Å². The number of rotatable bonds is 7. The molecule has 0 aromatic heterocycles. The van der Waals surface area contributed by atoms with Crippen LogP contribution in [0.3, 0.4) is 0 Å². The summed E-state index contributed by atoms with van der Waals surface area (Å²) in [6.07, 6.45) is 2.61. The van der Waals surface area contributed by atoms with Crippen molar-refractivity contribution in [1.29, 1.82) is 0 Å². The molecule has 2 atom stereocenters. The van der Waals surface area contributed by atoms with E-state index < -0.39 is 5.54 Å². The maximum atomic E-state index is 12.0. The molecule has 1 aromatic rings. The summed E-state index contributed by atoms with van der Waals surface area (Å²) in [6.45, 7) is 8.29. The van der Waals surface area contributed by atoms with Gasteiger partial charge in [0, 0.05) is 6.04 Å². The summed E-state index contributed by atoms with van der Waals surface area (Å²) in [5, 5.41) is 3.41. The maximum absolute atomic E-state index is 12.0. The van der Waals surface area contributed by atoms with Gasteiger partial charge in [-0.3, -0.25) is 10.1 Å². The fourth-order valence-electron chi connectivity index (χ4n) is 2.32. The highest BCUT2D eigenvalue weighted by molar-refractivity contribution is 5.86. The van der Waals surface area contributed by atoms with E-state index in [2.05, 4.69) is 38.2 Å². The number of hydrogen-bond donors (Lipinski definition) is 2. The van der Waals surface area contributed by atoms with E-state index in [0.29, 0.717) is 6.42 Å². The number of primary amides is 1. The van der Waals surface area contributed by atoms with Gasteiger partial charge in [0.05, 0.1) is 0 Å². The van der Waals surface area contributed by atoms with Gasteiger partial charge in [0.25, 0.3) is 0 Å². The molecule has 0 fully saturated rings. The number of benzene rings is 1. The Bertz CT molecular complexity index is 413. The zero-order chi connectivity index (χ0) is 14.5. The normalized spacial score (nSPS) is 15.8. The smallest absolute Gasteiger partial charge is 0.242 e. The zero-order valence-electron chi connectivity index (χ0n) is 12.5. The molecule has 1 rings (SSSR count). The third-order valence-corrected chi connectivity index (χ3v) is 3.91. The second-order valence-corrected chi connectivity index (χ2v) is 5.13. The van der Waals surface area contributed by atoms with Crippen molar-refractivity contribution < 1.29 is 4.79 Å². The van der Waals surface area contributed by atoms with Crippen LogP contribution in [0, 0.1) is 0 Å². The Balaban J connectivity index is 3.17. The van der Waals surface area contributed by atoms with Gasteiger partial charge in [-0.2, -0.15) is 0 Å². The Morgan fingerprint density at radius 3 is 2.21 bits per heavy atom. The standard InChI is InChI=1S/C16H26N2O/c1-5-12(4)18-16(7-3,15(17)19)14-10-8-13(6-2)9-11-14/h8-12,18H,5-7H2,1-4H3,(H2,17,19). The molecule has 0 bridgehead atoms. The summed E-state index contributed by atoms with van der Waals surface area (Å²) in [6, 6.07) is 8.42. The summed E-state index contributed by atoms with van der Waals surface area (Å²) in [4.78, 5) is 12.0. The van der Waals surface area contributed by atoms with Crippen LogP contribution >= 0.6 is 0 Å². The predicted octanol–water partition coefficient (Wildman–Crippen LogP) is 2.73. The summed E-state index contributed by atoms with van der Waals surface area (Å²) in [7, 11) is 0. The minimum atomic E-state index is -0.762. The van der Waals surface area contributed by atoms with Crippen LogP contribution in [0.5, 0.6) is 0 Å². The summed E-state index contributed by atoms with van der Waals surface area (Å²) < 4.78 is 0. The predicted molar refractivity (Wildman–Crippen MR) is 79.9 cm³/mol. The van der Waals surface area contributed by atoms with Gasteiger partial charge in [0.15, 0.2) is 0 Å². The first-order valence-electron chi connectivity index (χ1n) is 7.17. The zero-order valence-corrected chi connectivity index (χ0v) is 12.5. The van der Waals surface area contributed by atoms with Crippen LogP contribution in [-0.2, 0) is 16.8 Å². The van der Waals surface area contributed by atoms with Gasteiger partial charge in [-0.25, -0.2) is 0 Å². The second kappa shape index (κ2) is 6.71. The van der Waals surface area contributed by atoms with Crippen molar-refractivity contribution in [3.63, 3.8) is 0 Å². The monoisotopic (exact) mass is 262 g/mol. The molecule has 3 N–H and O–H groups in total. The van der Waals surface area contributed by atoms with E-state index in [1.165, 1.54) is 5.56 Å². The van der Waals surface area contributed by atoms with Crippen LogP contribution in [0.15, 0.2) is 24.3 Å². The van der Waals surface area contributed by atoms with Gasteiger partial charge in [0.2, 0.25) is 5.91 Å². The molecular weight excluding hydrogens is 236 g/mol. The molecule has 0 radical (unpaired) electrons. The molecule has 3 heteroatoms. The Hall–Kier alpha value is -1.35. The lowest BCUT2D eigenvalue weighted by Gasteiger charge is -2.34. The number of aryl methyl sites for hydroxylation is 1. The van der Waals surface area contributed by atoms with Gasteiger partial charge in [-0.15, -0.1) is 0 Å². The molecule has 0 spiro atoms. The highest BCUT2D eigenvalue weighted by Crippen LogP contribution is 2.26. The van der Waals surface area contributed by atoms with E-state index in [0.717, 1.165) is 18.4 Å². The fraction of sp³-hybridized carbons (Fsp3) is 0.562. The van der Waals surface area contributed by atoms with Crippen molar-refractivity contribution in [2.75, 3.05) is 0 Å². The highest BCUT2D eigenvalue weighted by atomic mass is 16.1. The largest absolute Gasteiger partial charge is 0.368 e. The van der Waals surface area contributed by atoms with Crippen molar-refractivity contribution in [3.05, 3.63) is 35.4 Å². The van der Waals surface area contributed by atoms with Crippen molar-refractivity contribution in [3.8, 4) is 0 Å². The number of carbonyl (C=O) groups is 1. The van der Waals surface area contributed by atoms with E-state index in [-0.39, 0.29) is 11.9 Å². The quantitative estimate of drug-likeness (QED) is 0.794. The fourth-order valence-corrected chi connectivity index (χ4v) is 2.32. The average molecular weight is 262 g/mol. The van der Waals surface area contributed by atoms with E-state index in [9.17, 15) is 4.79 Å². The third kappa shape index (κ3) is 3.35. The third-order valence-electron chi connectivity index (χ3n) is 3.91. The van der Waals surface area contributed by atoms with Crippen molar-refractivity contribution >= 4 is 5.91 Å². The molecule has 0 saturated carbocycles. The molecule has 0 aliphatic rings. The lowest BCUT2D eigenvalue weighted by atomic mass is 9.85. The molecule has 3 nitrogen and oxygen atoms in total. The second-order valence-electron chi connectivity index (χ2n) is 5.13. The average Bonchev–Trinajstić information content (AvgIpc) is 2.44. The molecule has 0 saturated heterocycles. The summed E-state index contributed by atoms with van der Waals surface area (Å²) in [5.41, 5.74) is 7.15. The Kier molecular flexibility index (Phi) is 5.55.